The van der Waals surface area contributed by atoms with E-state index in [1.54, 1.807) is 34.1 Å². The van der Waals surface area contributed by atoms with Gasteiger partial charge in [0.05, 0.1) is 25.1 Å². The molecule has 272 valence electrons. The van der Waals surface area contributed by atoms with Crippen molar-refractivity contribution in [2.75, 3.05) is 56.2 Å². The molecule has 15 heteroatoms. The first-order valence-electron chi connectivity index (χ1n) is 16.9. The molecule has 11 nitrogen and oxygen atoms in total. The Labute approximate surface area is 292 Å². The van der Waals surface area contributed by atoms with Gasteiger partial charge in [-0.3, -0.25) is 14.4 Å². The van der Waals surface area contributed by atoms with E-state index in [4.69, 9.17) is 10.5 Å². The molecule has 0 spiro atoms. The number of nitrogens with zero attached hydrogens (tertiary/aromatic N) is 5. The van der Waals surface area contributed by atoms with E-state index in [-0.39, 0.29) is 62.6 Å². The molecule has 0 aliphatic carbocycles. The lowest BCUT2D eigenvalue weighted by Gasteiger charge is -2.35. The van der Waals surface area contributed by atoms with Crippen LogP contribution in [-0.4, -0.2) is 90.0 Å². The van der Waals surface area contributed by atoms with Crippen LogP contribution in [0.1, 0.15) is 65.2 Å². The molecule has 0 radical (unpaired) electrons. The van der Waals surface area contributed by atoms with E-state index in [1.165, 1.54) is 30.2 Å². The average molecular weight is 713 g/mol. The van der Waals surface area contributed by atoms with Gasteiger partial charge in [0.1, 0.15) is 5.75 Å². The van der Waals surface area contributed by atoms with Crippen molar-refractivity contribution in [3.63, 3.8) is 0 Å². The van der Waals surface area contributed by atoms with Gasteiger partial charge in [-0.2, -0.15) is 13.2 Å². The zero-order valence-electron chi connectivity index (χ0n) is 28.3. The summed E-state index contributed by atoms with van der Waals surface area (Å²) in [7, 11) is 1.51. The predicted molar refractivity (Wildman–Crippen MR) is 179 cm³/mol. The van der Waals surface area contributed by atoms with Gasteiger partial charge in [0, 0.05) is 50.2 Å². The Morgan fingerprint density at radius 3 is 2.25 bits per heavy atom. The molecule has 2 aromatic carbocycles. The summed E-state index contributed by atoms with van der Waals surface area (Å²) in [6.45, 7) is 2.50. The van der Waals surface area contributed by atoms with E-state index in [2.05, 4.69) is 10.2 Å². The highest BCUT2D eigenvalue weighted by molar-refractivity contribution is 5.91. The maximum Gasteiger partial charge on any atom is 0.416 e. The number of halogens is 4. The van der Waals surface area contributed by atoms with Gasteiger partial charge in [-0.25, -0.2) is 4.39 Å². The van der Waals surface area contributed by atoms with Gasteiger partial charge in [-0.05, 0) is 66.3 Å². The number of primary amides is 1. The van der Waals surface area contributed by atoms with Crippen LogP contribution in [0.3, 0.4) is 0 Å². The zero-order valence-corrected chi connectivity index (χ0v) is 28.3. The Bertz CT molecular complexity index is 1770. The number of amides is 2. The number of rotatable bonds is 9. The lowest BCUT2D eigenvalue weighted by molar-refractivity contribution is -0.143. The van der Waals surface area contributed by atoms with E-state index < -0.39 is 47.0 Å². The third-order valence-electron chi connectivity index (χ3n) is 10.7. The number of carboxylic acids is 1. The van der Waals surface area contributed by atoms with Crippen LogP contribution in [0.2, 0.25) is 0 Å². The molecule has 0 bridgehead atoms. The topological polar surface area (TPSA) is 142 Å². The second-order valence-electron chi connectivity index (χ2n) is 13.6. The van der Waals surface area contributed by atoms with Crippen LogP contribution >= 0.6 is 0 Å². The van der Waals surface area contributed by atoms with Crippen LogP contribution in [0.25, 0.3) is 0 Å². The number of alkyl halides is 4. The summed E-state index contributed by atoms with van der Waals surface area (Å²) in [5.74, 6) is -3.66. The molecule has 3 aliphatic heterocycles. The van der Waals surface area contributed by atoms with Crippen LogP contribution < -0.4 is 20.3 Å². The van der Waals surface area contributed by atoms with E-state index in [1.807, 2.05) is 6.92 Å². The van der Waals surface area contributed by atoms with Crippen molar-refractivity contribution in [1.29, 1.82) is 0 Å². The van der Waals surface area contributed by atoms with Gasteiger partial charge in [0.15, 0.2) is 11.5 Å². The number of hydrogen-bond donors (Lipinski definition) is 2. The normalized spacial score (nSPS) is 24.2. The van der Waals surface area contributed by atoms with Crippen LogP contribution in [0.15, 0.2) is 54.6 Å². The molecule has 51 heavy (non-hydrogen) atoms. The molecule has 3 fully saturated rings. The zero-order chi connectivity index (χ0) is 36.7. The van der Waals surface area contributed by atoms with E-state index in [0.717, 1.165) is 12.1 Å². The molecule has 1 aromatic heterocycles. The Hall–Kier alpha value is -4.95. The van der Waals surface area contributed by atoms with Crippen molar-refractivity contribution in [1.82, 2.24) is 15.1 Å². The fourth-order valence-electron chi connectivity index (χ4n) is 7.78. The average Bonchev–Trinajstić information content (AvgIpc) is 3.73. The molecule has 3 aromatic rings. The fraction of sp³-hybridized carbons (Fsp3) is 0.472. The Morgan fingerprint density at radius 2 is 1.69 bits per heavy atom. The third kappa shape index (κ3) is 7.02. The van der Waals surface area contributed by atoms with Crippen molar-refractivity contribution in [3.8, 4) is 5.75 Å². The summed E-state index contributed by atoms with van der Waals surface area (Å²) in [4.78, 5) is 42.5. The molecule has 4 heterocycles. The minimum absolute atomic E-state index is 0.0603. The Balaban J connectivity index is 1.32. The molecule has 0 saturated carbocycles. The largest absolute Gasteiger partial charge is 0.497 e. The minimum Gasteiger partial charge on any atom is -0.497 e. The number of aromatic nitrogens is 2. The highest BCUT2D eigenvalue weighted by Crippen LogP contribution is 2.47. The molecule has 3 aliphatic rings. The number of carbonyl (C=O) groups excluding carboxylic acids is 2. The predicted octanol–water partition coefficient (Wildman–Crippen LogP) is 4.87. The maximum atomic E-state index is 17.7. The minimum atomic E-state index is -4.59. The number of carbonyl (C=O) groups is 3. The number of nitrogens with two attached hydrogens (primary N) is 1. The summed E-state index contributed by atoms with van der Waals surface area (Å²) in [6, 6.07) is 13.3. The first-order valence-corrected chi connectivity index (χ1v) is 16.9. The number of likely N-dealkylation sites (tertiary alicyclic amines) is 1. The summed E-state index contributed by atoms with van der Waals surface area (Å²) in [5.41, 5.74) is 3.56. The molecule has 3 N–H and O–H groups in total. The highest BCUT2D eigenvalue weighted by Gasteiger charge is 2.57. The molecule has 0 unspecified atom stereocenters. The van der Waals surface area contributed by atoms with Crippen molar-refractivity contribution in [3.05, 3.63) is 77.0 Å². The van der Waals surface area contributed by atoms with Crippen LogP contribution in [0, 0.1) is 11.8 Å². The molecule has 2 amide bonds. The molecule has 3 saturated heterocycles. The lowest BCUT2D eigenvalue weighted by Crippen LogP contribution is -2.50. The SMILES string of the molecule is CC[C@H]1CN(C(=O)[C@]2(F)CN(c3ccc(C(N)=O)nn3)C[C@H]2c2ccc(OC)cc2)C[C@@H]1c1ccc(C(F)(F)F)cc1N1CCC(C(=O)O)CC1. The summed E-state index contributed by atoms with van der Waals surface area (Å²) >= 11 is 0. The lowest BCUT2D eigenvalue weighted by atomic mass is 9.84. The van der Waals surface area contributed by atoms with Crippen molar-refractivity contribution >= 4 is 29.3 Å². The number of anilines is 2. The number of hydrogen-bond acceptors (Lipinski definition) is 8. The third-order valence-corrected chi connectivity index (χ3v) is 10.7. The molecule has 4 atom stereocenters. The maximum absolute atomic E-state index is 17.7. The summed E-state index contributed by atoms with van der Waals surface area (Å²) in [5, 5.41) is 17.4. The monoisotopic (exact) mass is 712 g/mol. The van der Waals surface area contributed by atoms with Crippen LogP contribution in [-0.2, 0) is 15.8 Å². The number of carboxylic acid groups (broad SMARTS) is 1. The van der Waals surface area contributed by atoms with Crippen LogP contribution in [0.4, 0.5) is 29.1 Å². The van der Waals surface area contributed by atoms with Gasteiger partial charge in [0.25, 0.3) is 11.8 Å². The van der Waals surface area contributed by atoms with Gasteiger partial charge >= 0.3 is 12.1 Å². The van der Waals surface area contributed by atoms with Crippen molar-refractivity contribution in [2.45, 2.75) is 49.9 Å². The van der Waals surface area contributed by atoms with E-state index in [0.29, 0.717) is 41.8 Å². The summed E-state index contributed by atoms with van der Waals surface area (Å²) < 4.78 is 64.8. The molecule has 6 rings (SSSR count). The number of methoxy groups -OCH3 is 1. The first kappa shape index (κ1) is 35.9. The second kappa shape index (κ2) is 14.0. The Kier molecular flexibility index (Phi) is 9.84. The van der Waals surface area contributed by atoms with Gasteiger partial charge in [-0.15, -0.1) is 10.2 Å². The van der Waals surface area contributed by atoms with Gasteiger partial charge in [-0.1, -0.05) is 31.5 Å². The fourth-order valence-corrected chi connectivity index (χ4v) is 7.78. The Morgan fingerprint density at radius 1 is 0.980 bits per heavy atom. The first-order chi connectivity index (χ1) is 24.2. The number of aliphatic carboxylic acids is 1. The quantitative estimate of drug-likeness (QED) is 0.298. The number of ether oxygens (including phenoxy) is 1. The molecular weight excluding hydrogens is 672 g/mol. The smallest absolute Gasteiger partial charge is 0.416 e. The van der Waals surface area contributed by atoms with E-state index in [9.17, 15) is 32.7 Å². The number of benzene rings is 2. The summed E-state index contributed by atoms with van der Waals surface area (Å²) in [6.07, 6.45) is -3.42. The molecular formula is C36H40F4N6O5. The van der Waals surface area contributed by atoms with Gasteiger partial charge < -0.3 is 30.3 Å². The van der Waals surface area contributed by atoms with E-state index >= 15 is 4.39 Å². The van der Waals surface area contributed by atoms with Crippen molar-refractivity contribution < 1.29 is 41.8 Å². The standard InChI is InChI=1S/C36H40F4N6O5/c1-3-21-17-45(18-27(21)26-9-6-24(36(38,39)40)16-30(26)44-14-12-23(13-15-44)33(48)49)34(50)35(37)20-46(31-11-10-29(32(41)47)42-43-31)19-28(35)22-4-7-25(51-2)8-5-22/h4-11,16,21,23,27-28H,3,12-15,17-20H2,1-2H3,(H2,41,47)(H,48,49)/t21-,27-,28-,35-/m0/s1. The van der Waals surface area contributed by atoms with Crippen LogP contribution in [0.5, 0.6) is 5.75 Å². The number of piperidine rings is 1. The van der Waals surface area contributed by atoms with Gasteiger partial charge in [0.2, 0.25) is 5.67 Å². The second-order valence-corrected chi connectivity index (χ2v) is 13.6. The van der Waals surface area contributed by atoms with Crippen molar-refractivity contribution in [2.24, 2.45) is 17.6 Å². The highest BCUT2D eigenvalue weighted by atomic mass is 19.4.